The number of hydrogen-bond acceptors (Lipinski definition) is 3. The van der Waals surface area contributed by atoms with E-state index in [9.17, 15) is 14.3 Å². The lowest BCUT2D eigenvalue weighted by atomic mass is 10.0. The van der Waals surface area contributed by atoms with Gasteiger partial charge >= 0.3 is 0 Å². The highest BCUT2D eigenvalue weighted by atomic mass is 19.1. The van der Waals surface area contributed by atoms with E-state index in [2.05, 4.69) is 4.98 Å². The number of hydrogen-bond donors (Lipinski definition) is 2. The minimum absolute atomic E-state index is 0.0631. The molecule has 3 N–H and O–H groups in total. The zero-order valence-electron chi connectivity index (χ0n) is 8.72. The monoisotopic (exact) mass is 232 g/mol. The van der Waals surface area contributed by atoms with Crippen LogP contribution in [0.2, 0.25) is 0 Å². The zero-order chi connectivity index (χ0) is 12.4. The molecule has 4 nitrogen and oxygen atoms in total. The quantitative estimate of drug-likeness (QED) is 0.827. The third-order valence-electron chi connectivity index (χ3n) is 2.34. The number of halogens is 1. The summed E-state index contributed by atoms with van der Waals surface area (Å²) in [6.45, 7) is 0. The van der Waals surface area contributed by atoms with Crippen LogP contribution < -0.4 is 5.73 Å². The number of rotatable bonds is 2. The molecule has 0 spiro atoms. The summed E-state index contributed by atoms with van der Waals surface area (Å²) < 4.78 is 12.8. The fourth-order valence-corrected chi connectivity index (χ4v) is 1.47. The summed E-state index contributed by atoms with van der Waals surface area (Å²) in [7, 11) is 0. The fraction of sp³-hybridized carbons (Fsp3) is 0. The molecule has 2 rings (SSSR count). The minimum atomic E-state index is -0.765. The first-order valence-corrected chi connectivity index (χ1v) is 4.82. The van der Waals surface area contributed by atoms with Crippen LogP contribution in [0, 0.1) is 5.82 Å². The average molecular weight is 232 g/mol. The number of pyridine rings is 1. The summed E-state index contributed by atoms with van der Waals surface area (Å²) in [5.41, 5.74) is 5.91. The molecule has 0 saturated heterocycles. The van der Waals surface area contributed by atoms with E-state index in [4.69, 9.17) is 5.73 Å². The van der Waals surface area contributed by atoms with Crippen LogP contribution in [0.1, 0.15) is 10.4 Å². The van der Waals surface area contributed by atoms with Gasteiger partial charge in [-0.3, -0.25) is 9.78 Å². The molecule has 0 aliphatic heterocycles. The van der Waals surface area contributed by atoms with Gasteiger partial charge in [0.2, 0.25) is 0 Å². The number of primary amides is 1. The van der Waals surface area contributed by atoms with Crippen molar-refractivity contribution in [3.63, 3.8) is 0 Å². The predicted octanol–water partition coefficient (Wildman–Crippen LogP) is 1.69. The molecule has 0 aliphatic carbocycles. The molecule has 0 unspecified atom stereocenters. The van der Waals surface area contributed by atoms with Crippen molar-refractivity contribution in [1.29, 1.82) is 0 Å². The Hall–Kier alpha value is -2.43. The van der Waals surface area contributed by atoms with Crippen LogP contribution in [0.5, 0.6) is 5.75 Å². The third-order valence-corrected chi connectivity index (χ3v) is 2.34. The molecule has 0 aliphatic rings. The van der Waals surface area contributed by atoms with Crippen LogP contribution in [0.25, 0.3) is 11.1 Å². The van der Waals surface area contributed by atoms with Gasteiger partial charge in [0.25, 0.3) is 5.91 Å². The fourth-order valence-electron chi connectivity index (χ4n) is 1.47. The number of benzene rings is 1. The van der Waals surface area contributed by atoms with Gasteiger partial charge in [0.15, 0.2) is 0 Å². The standard InChI is InChI=1S/C12H9FN2O2/c13-8-3-1-7(2-4-8)9-5-15-6-10(11(9)16)12(14)17/h1-6H,(H2,14,17)(H,15,16). The highest BCUT2D eigenvalue weighted by Crippen LogP contribution is 2.30. The van der Waals surface area contributed by atoms with Crippen molar-refractivity contribution >= 4 is 5.91 Å². The van der Waals surface area contributed by atoms with Gasteiger partial charge in [-0.15, -0.1) is 0 Å². The maximum Gasteiger partial charge on any atom is 0.254 e. The number of aromatic hydroxyl groups is 1. The van der Waals surface area contributed by atoms with Crippen molar-refractivity contribution in [3.8, 4) is 16.9 Å². The van der Waals surface area contributed by atoms with Crippen molar-refractivity contribution in [1.82, 2.24) is 4.98 Å². The molecule has 0 atom stereocenters. The Morgan fingerprint density at radius 2 is 1.88 bits per heavy atom. The van der Waals surface area contributed by atoms with Crippen molar-refractivity contribution < 1.29 is 14.3 Å². The highest BCUT2D eigenvalue weighted by molar-refractivity contribution is 5.97. The van der Waals surface area contributed by atoms with Gasteiger partial charge in [-0.1, -0.05) is 12.1 Å². The van der Waals surface area contributed by atoms with Gasteiger partial charge in [-0.05, 0) is 17.7 Å². The second kappa shape index (κ2) is 4.21. The van der Waals surface area contributed by atoms with E-state index in [-0.39, 0.29) is 17.1 Å². The van der Waals surface area contributed by atoms with Crippen LogP contribution >= 0.6 is 0 Å². The molecule has 1 aromatic carbocycles. The molecule has 1 heterocycles. The van der Waals surface area contributed by atoms with E-state index in [0.717, 1.165) is 0 Å². The topological polar surface area (TPSA) is 76.2 Å². The van der Waals surface area contributed by atoms with Gasteiger partial charge in [-0.2, -0.15) is 0 Å². The summed E-state index contributed by atoms with van der Waals surface area (Å²) in [6, 6.07) is 5.48. The van der Waals surface area contributed by atoms with Gasteiger partial charge in [-0.25, -0.2) is 4.39 Å². The van der Waals surface area contributed by atoms with Crippen LogP contribution in [0.4, 0.5) is 4.39 Å². The van der Waals surface area contributed by atoms with E-state index in [1.807, 2.05) is 0 Å². The first-order chi connectivity index (χ1) is 8.09. The molecule has 17 heavy (non-hydrogen) atoms. The lowest BCUT2D eigenvalue weighted by molar-refractivity contribution is 0.0997. The Balaban J connectivity index is 2.56. The molecule has 1 amide bonds. The summed E-state index contributed by atoms with van der Waals surface area (Å²) >= 11 is 0. The maximum atomic E-state index is 12.8. The number of aromatic nitrogens is 1. The molecule has 0 fully saturated rings. The Bertz CT molecular complexity index is 567. The summed E-state index contributed by atoms with van der Waals surface area (Å²) in [5, 5.41) is 9.85. The average Bonchev–Trinajstić information content (AvgIpc) is 2.30. The molecule has 0 saturated carbocycles. The Labute approximate surface area is 96.5 Å². The molecule has 0 bridgehead atoms. The number of carbonyl (C=O) groups is 1. The highest BCUT2D eigenvalue weighted by Gasteiger charge is 2.13. The van der Waals surface area contributed by atoms with Gasteiger partial charge in [0, 0.05) is 18.0 Å². The lowest BCUT2D eigenvalue weighted by Crippen LogP contribution is -2.11. The van der Waals surface area contributed by atoms with Crippen molar-refractivity contribution in [2.24, 2.45) is 5.73 Å². The smallest absolute Gasteiger partial charge is 0.254 e. The van der Waals surface area contributed by atoms with Gasteiger partial charge < -0.3 is 10.8 Å². The second-order valence-corrected chi connectivity index (χ2v) is 3.45. The van der Waals surface area contributed by atoms with Crippen LogP contribution in [-0.2, 0) is 0 Å². The summed E-state index contributed by atoms with van der Waals surface area (Å²) in [5.74, 6) is -1.40. The van der Waals surface area contributed by atoms with Crippen LogP contribution in [-0.4, -0.2) is 16.0 Å². The van der Waals surface area contributed by atoms with Gasteiger partial charge in [0.05, 0.1) is 5.56 Å². The first-order valence-electron chi connectivity index (χ1n) is 4.82. The molecule has 86 valence electrons. The van der Waals surface area contributed by atoms with Crippen LogP contribution in [0.15, 0.2) is 36.7 Å². The zero-order valence-corrected chi connectivity index (χ0v) is 8.72. The minimum Gasteiger partial charge on any atom is -0.506 e. The van der Waals surface area contributed by atoms with E-state index in [1.54, 1.807) is 0 Å². The second-order valence-electron chi connectivity index (χ2n) is 3.45. The lowest BCUT2D eigenvalue weighted by Gasteiger charge is -2.06. The SMILES string of the molecule is NC(=O)c1cncc(-c2ccc(F)cc2)c1O. The molecular formula is C12H9FN2O2. The first kappa shape index (κ1) is 11.1. The largest absolute Gasteiger partial charge is 0.506 e. The van der Waals surface area contributed by atoms with Crippen molar-refractivity contribution in [2.45, 2.75) is 0 Å². The third kappa shape index (κ3) is 2.08. The Morgan fingerprint density at radius 1 is 1.24 bits per heavy atom. The molecule has 1 aromatic heterocycles. The van der Waals surface area contributed by atoms with Crippen LogP contribution in [0.3, 0.4) is 0 Å². The molecule has 2 aromatic rings. The summed E-state index contributed by atoms with van der Waals surface area (Å²) in [4.78, 5) is 14.8. The normalized spacial score (nSPS) is 10.2. The van der Waals surface area contributed by atoms with E-state index in [1.165, 1.54) is 36.7 Å². The number of nitrogens with two attached hydrogens (primary N) is 1. The molecule has 5 heteroatoms. The maximum absolute atomic E-state index is 12.8. The molecule has 0 radical (unpaired) electrons. The Kier molecular flexibility index (Phi) is 2.74. The van der Waals surface area contributed by atoms with Crippen molar-refractivity contribution in [3.05, 3.63) is 48.0 Å². The van der Waals surface area contributed by atoms with E-state index < -0.39 is 5.91 Å². The molecular weight excluding hydrogens is 223 g/mol. The Morgan fingerprint density at radius 3 is 2.47 bits per heavy atom. The van der Waals surface area contributed by atoms with E-state index in [0.29, 0.717) is 11.1 Å². The summed E-state index contributed by atoms with van der Waals surface area (Å²) in [6.07, 6.45) is 2.57. The van der Waals surface area contributed by atoms with Crippen molar-refractivity contribution in [2.75, 3.05) is 0 Å². The number of amides is 1. The van der Waals surface area contributed by atoms with Gasteiger partial charge in [0.1, 0.15) is 11.6 Å². The predicted molar refractivity (Wildman–Crippen MR) is 59.8 cm³/mol. The number of nitrogens with zero attached hydrogens (tertiary/aromatic N) is 1. The van der Waals surface area contributed by atoms with E-state index >= 15 is 0 Å². The number of carbonyl (C=O) groups excluding carboxylic acids is 1.